The van der Waals surface area contributed by atoms with E-state index in [2.05, 4.69) is 15.7 Å². The van der Waals surface area contributed by atoms with Crippen molar-refractivity contribution in [1.82, 2.24) is 9.78 Å². The number of carbonyl (C=O) groups excluding carboxylic acids is 1. The highest BCUT2D eigenvalue weighted by molar-refractivity contribution is 6.31. The van der Waals surface area contributed by atoms with Gasteiger partial charge in [0.15, 0.2) is 5.69 Å². The number of anilines is 3. The number of carbonyl (C=O) groups is 1. The molecule has 0 aliphatic heterocycles. The second-order valence-electron chi connectivity index (χ2n) is 6.30. The van der Waals surface area contributed by atoms with Gasteiger partial charge in [-0.05, 0) is 42.8 Å². The number of rotatable bonds is 4. The average molecular weight is 427 g/mol. The number of hydrogen-bond donors (Lipinski definition) is 2. The van der Waals surface area contributed by atoms with E-state index in [4.69, 9.17) is 11.6 Å². The normalized spacial score (nSPS) is 11.4. The topological polar surface area (TPSA) is 58.9 Å². The number of benzene rings is 2. The van der Waals surface area contributed by atoms with Crippen molar-refractivity contribution >= 4 is 34.6 Å². The molecule has 10 heteroatoms. The van der Waals surface area contributed by atoms with Gasteiger partial charge in [0.2, 0.25) is 0 Å². The molecule has 1 heterocycles. The first-order chi connectivity index (χ1) is 13.5. The summed E-state index contributed by atoms with van der Waals surface area (Å²) in [6.07, 6.45) is -3.83. The van der Waals surface area contributed by atoms with Gasteiger partial charge in [-0.1, -0.05) is 17.7 Å². The third-order valence-electron chi connectivity index (χ3n) is 4.02. The molecule has 0 aliphatic carbocycles. The van der Waals surface area contributed by atoms with Crippen molar-refractivity contribution in [3.8, 4) is 0 Å². The Morgan fingerprint density at radius 2 is 1.86 bits per heavy atom. The fraction of sp³-hybridized carbons (Fsp3) is 0.158. The second kappa shape index (κ2) is 7.75. The van der Waals surface area contributed by atoms with Gasteiger partial charge in [-0.3, -0.25) is 9.48 Å². The fourth-order valence-corrected chi connectivity index (χ4v) is 2.79. The van der Waals surface area contributed by atoms with Crippen molar-refractivity contribution in [3.05, 3.63) is 70.3 Å². The third kappa shape index (κ3) is 4.68. The number of hydrogen-bond acceptors (Lipinski definition) is 3. The van der Waals surface area contributed by atoms with E-state index < -0.39 is 29.2 Å². The Bertz CT molecular complexity index is 1080. The summed E-state index contributed by atoms with van der Waals surface area (Å²) >= 11 is 6.08. The molecule has 0 spiro atoms. The van der Waals surface area contributed by atoms with Crippen LogP contribution in [0, 0.1) is 12.7 Å². The van der Waals surface area contributed by atoms with E-state index in [0.29, 0.717) is 10.7 Å². The summed E-state index contributed by atoms with van der Waals surface area (Å²) < 4.78 is 54.0. The second-order valence-corrected chi connectivity index (χ2v) is 6.70. The Labute approximate surface area is 168 Å². The molecule has 0 fully saturated rings. The quantitative estimate of drug-likeness (QED) is 0.539. The predicted molar refractivity (Wildman–Crippen MR) is 102 cm³/mol. The maximum Gasteiger partial charge on any atom is 0.435 e. The van der Waals surface area contributed by atoms with Gasteiger partial charge in [0.25, 0.3) is 5.91 Å². The van der Waals surface area contributed by atoms with E-state index in [0.717, 1.165) is 28.6 Å². The molecular weight excluding hydrogens is 412 g/mol. The molecule has 1 amide bonds. The van der Waals surface area contributed by atoms with E-state index in [9.17, 15) is 22.4 Å². The van der Waals surface area contributed by atoms with Crippen LogP contribution in [0.5, 0.6) is 0 Å². The molecule has 2 aromatic carbocycles. The highest BCUT2D eigenvalue weighted by Crippen LogP contribution is 2.32. The lowest BCUT2D eigenvalue weighted by Crippen LogP contribution is -2.18. The monoisotopic (exact) mass is 426 g/mol. The van der Waals surface area contributed by atoms with Crippen molar-refractivity contribution in [2.45, 2.75) is 13.1 Å². The summed E-state index contributed by atoms with van der Waals surface area (Å²) in [5, 5.41) is 9.06. The molecule has 0 bridgehead atoms. The zero-order valence-corrected chi connectivity index (χ0v) is 16.0. The molecule has 3 aromatic rings. The van der Waals surface area contributed by atoms with Gasteiger partial charge < -0.3 is 10.6 Å². The lowest BCUT2D eigenvalue weighted by atomic mass is 10.2. The van der Waals surface area contributed by atoms with Gasteiger partial charge >= 0.3 is 6.18 Å². The van der Waals surface area contributed by atoms with Crippen LogP contribution in [0.3, 0.4) is 0 Å². The minimum atomic E-state index is -4.80. The Morgan fingerprint density at radius 1 is 1.14 bits per heavy atom. The highest BCUT2D eigenvalue weighted by Gasteiger charge is 2.39. The number of aryl methyl sites for hydroxylation is 2. The van der Waals surface area contributed by atoms with Gasteiger partial charge in [-0.15, -0.1) is 0 Å². The molecular formula is C19H15ClF4N4O. The first-order valence-electron chi connectivity index (χ1n) is 8.29. The molecule has 1 aromatic heterocycles. The van der Waals surface area contributed by atoms with Crippen LogP contribution in [0.25, 0.3) is 0 Å². The first kappa shape index (κ1) is 20.7. The van der Waals surface area contributed by atoms with Crippen molar-refractivity contribution in [1.29, 1.82) is 0 Å². The van der Waals surface area contributed by atoms with Crippen LogP contribution in [0.1, 0.15) is 21.6 Å². The molecule has 0 saturated carbocycles. The predicted octanol–water partition coefficient (Wildman–Crippen LogP) is 5.54. The average Bonchev–Trinajstić information content (AvgIpc) is 3.03. The lowest BCUT2D eigenvalue weighted by molar-refractivity contribution is -0.141. The molecule has 0 radical (unpaired) electrons. The van der Waals surface area contributed by atoms with E-state index in [1.54, 1.807) is 18.2 Å². The summed E-state index contributed by atoms with van der Waals surface area (Å²) in [6, 6.07) is 8.48. The Kier molecular flexibility index (Phi) is 5.52. The van der Waals surface area contributed by atoms with Crippen molar-refractivity contribution in [2.75, 3.05) is 10.6 Å². The number of aromatic nitrogens is 2. The highest BCUT2D eigenvalue weighted by atomic mass is 35.5. The SMILES string of the molecule is Cc1ccc(Nc2cc(F)ccc2NC(=O)c2cn(C)nc2C(F)(F)F)cc1Cl. The Balaban J connectivity index is 1.92. The van der Waals surface area contributed by atoms with Crippen LogP contribution >= 0.6 is 11.6 Å². The molecule has 152 valence electrons. The number of nitrogens with zero attached hydrogens (tertiary/aromatic N) is 2. The van der Waals surface area contributed by atoms with Gasteiger partial charge in [0.05, 0.1) is 16.9 Å². The summed E-state index contributed by atoms with van der Waals surface area (Å²) in [7, 11) is 1.28. The molecule has 29 heavy (non-hydrogen) atoms. The molecule has 0 aliphatic rings. The molecule has 0 atom stereocenters. The lowest BCUT2D eigenvalue weighted by Gasteiger charge is -2.14. The summed E-state index contributed by atoms with van der Waals surface area (Å²) in [6.45, 7) is 1.81. The third-order valence-corrected chi connectivity index (χ3v) is 4.43. The molecule has 5 nitrogen and oxygen atoms in total. The van der Waals surface area contributed by atoms with E-state index in [1.807, 2.05) is 6.92 Å². The molecule has 2 N–H and O–H groups in total. The molecule has 0 saturated heterocycles. The van der Waals surface area contributed by atoms with Gasteiger partial charge in [-0.25, -0.2) is 4.39 Å². The van der Waals surface area contributed by atoms with E-state index >= 15 is 0 Å². The van der Waals surface area contributed by atoms with Crippen LogP contribution in [0.15, 0.2) is 42.6 Å². The van der Waals surface area contributed by atoms with Gasteiger partial charge in [0, 0.05) is 24.0 Å². The van der Waals surface area contributed by atoms with E-state index in [1.165, 1.54) is 13.1 Å². The van der Waals surface area contributed by atoms with Crippen LogP contribution in [0.4, 0.5) is 34.6 Å². The number of amides is 1. The minimum absolute atomic E-state index is 0.0880. The van der Waals surface area contributed by atoms with Crippen molar-refractivity contribution in [3.63, 3.8) is 0 Å². The van der Waals surface area contributed by atoms with Gasteiger partial charge in [-0.2, -0.15) is 18.3 Å². The smallest absolute Gasteiger partial charge is 0.354 e. The summed E-state index contributed by atoms with van der Waals surface area (Å²) in [5.74, 6) is -1.62. The van der Waals surface area contributed by atoms with Crippen LogP contribution < -0.4 is 10.6 Å². The van der Waals surface area contributed by atoms with Crippen molar-refractivity contribution in [2.24, 2.45) is 7.05 Å². The maximum absolute atomic E-state index is 13.7. The minimum Gasteiger partial charge on any atom is -0.354 e. The first-order valence-corrected chi connectivity index (χ1v) is 8.67. The van der Waals surface area contributed by atoms with E-state index in [-0.39, 0.29) is 11.4 Å². The van der Waals surface area contributed by atoms with Crippen LogP contribution in [0.2, 0.25) is 5.02 Å². The standard InChI is InChI=1S/C19H15ClF4N4O/c1-10-3-5-12(8-14(10)20)25-16-7-11(21)4-6-15(16)26-18(29)13-9-28(2)27-17(13)19(22,23)24/h3-9,25H,1-2H3,(H,26,29). The molecule has 3 rings (SSSR count). The fourth-order valence-electron chi connectivity index (χ4n) is 2.61. The van der Waals surface area contributed by atoms with Crippen molar-refractivity contribution < 1.29 is 22.4 Å². The Morgan fingerprint density at radius 3 is 2.52 bits per heavy atom. The number of nitrogens with one attached hydrogen (secondary N) is 2. The van der Waals surface area contributed by atoms with Crippen LogP contribution in [-0.2, 0) is 13.2 Å². The largest absolute Gasteiger partial charge is 0.435 e. The van der Waals surface area contributed by atoms with Crippen LogP contribution in [-0.4, -0.2) is 15.7 Å². The zero-order valence-electron chi connectivity index (χ0n) is 15.2. The number of halogens is 5. The Hall–Kier alpha value is -3.07. The maximum atomic E-state index is 13.7. The molecule has 0 unspecified atom stereocenters. The van der Waals surface area contributed by atoms with Gasteiger partial charge in [0.1, 0.15) is 5.82 Å². The summed E-state index contributed by atoms with van der Waals surface area (Å²) in [4.78, 5) is 12.5. The zero-order chi connectivity index (χ0) is 21.3. The number of alkyl halides is 3. The summed E-state index contributed by atoms with van der Waals surface area (Å²) in [5.41, 5.74) is -0.366.